The molecule has 0 unspecified atom stereocenters. The van der Waals surface area contributed by atoms with Crippen LogP contribution in [-0.4, -0.2) is 16.0 Å². The number of ketones is 1. The first kappa shape index (κ1) is 15.6. The molecule has 4 nitrogen and oxygen atoms in total. The molecule has 4 N–H and O–H groups in total. The van der Waals surface area contributed by atoms with Crippen LogP contribution in [0.2, 0.25) is 0 Å². The number of hydrogen-bond donors (Lipinski definition) is 3. The summed E-state index contributed by atoms with van der Waals surface area (Å²) in [4.78, 5) is 12.7. The van der Waals surface area contributed by atoms with Crippen LogP contribution in [0.25, 0.3) is 0 Å². The fraction of sp³-hybridized carbons (Fsp3) is 0.316. The third-order valence-electron chi connectivity index (χ3n) is 4.98. The number of rotatable bonds is 2. The minimum atomic E-state index is -0.194. The summed E-state index contributed by atoms with van der Waals surface area (Å²) in [7, 11) is 0. The van der Waals surface area contributed by atoms with E-state index < -0.39 is 0 Å². The highest BCUT2D eigenvalue weighted by atomic mass is 16.3. The summed E-state index contributed by atoms with van der Waals surface area (Å²) in [6.07, 6.45) is 0. The zero-order chi connectivity index (χ0) is 16.6. The van der Waals surface area contributed by atoms with Crippen molar-refractivity contribution in [2.75, 3.05) is 0 Å². The van der Waals surface area contributed by atoms with Gasteiger partial charge in [-0.2, -0.15) is 0 Å². The number of phenols is 2. The molecule has 1 aliphatic rings. The molecule has 0 bridgehead atoms. The van der Waals surface area contributed by atoms with Crippen molar-refractivity contribution in [2.45, 2.75) is 25.9 Å². The molecule has 0 amide bonds. The number of nitrogens with two attached hydrogens (primary N) is 1. The monoisotopic (exact) mass is 312 g/mol. The van der Waals surface area contributed by atoms with Crippen LogP contribution in [0.4, 0.5) is 0 Å². The van der Waals surface area contributed by atoms with Crippen molar-refractivity contribution in [3.8, 4) is 11.5 Å². The third kappa shape index (κ3) is 2.70. The first-order chi connectivity index (χ1) is 11.0. The molecule has 0 saturated carbocycles. The number of carbonyl (C=O) groups excluding carboxylic acids is 1. The molecule has 2 aromatic rings. The van der Waals surface area contributed by atoms with E-state index in [-0.39, 0.29) is 41.2 Å². The highest BCUT2D eigenvalue weighted by Crippen LogP contribution is 2.37. The van der Waals surface area contributed by atoms with E-state index >= 15 is 0 Å². The molecule has 1 heterocycles. The summed E-state index contributed by atoms with van der Waals surface area (Å²) in [5, 5.41) is 22.4. The van der Waals surface area contributed by atoms with Gasteiger partial charge in [-0.25, -0.2) is 0 Å². The summed E-state index contributed by atoms with van der Waals surface area (Å²) >= 11 is 0. The van der Waals surface area contributed by atoms with Gasteiger partial charge in [0.25, 0.3) is 0 Å². The molecule has 4 heteroatoms. The Morgan fingerprint density at radius 2 is 1.17 bits per heavy atom. The van der Waals surface area contributed by atoms with E-state index in [1.54, 1.807) is 24.3 Å². The Labute approximate surface area is 135 Å². The Morgan fingerprint density at radius 3 is 1.57 bits per heavy atom. The number of aromatic hydroxyl groups is 2. The molecule has 0 aromatic heterocycles. The lowest BCUT2D eigenvalue weighted by atomic mass is 9.76. The van der Waals surface area contributed by atoms with E-state index in [1.165, 1.54) is 0 Å². The first-order valence-corrected chi connectivity index (χ1v) is 7.95. The number of hydrogen-bond acceptors (Lipinski definition) is 3. The van der Waals surface area contributed by atoms with Crippen LogP contribution in [0, 0.1) is 11.8 Å². The van der Waals surface area contributed by atoms with Gasteiger partial charge in [-0.1, -0.05) is 24.3 Å². The zero-order valence-corrected chi connectivity index (χ0v) is 13.3. The van der Waals surface area contributed by atoms with Crippen LogP contribution in [0.3, 0.4) is 0 Å². The fourth-order valence-corrected chi connectivity index (χ4v) is 3.61. The van der Waals surface area contributed by atoms with Crippen LogP contribution in [0.1, 0.15) is 37.1 Å². The van der Waals surface area contributed by atoms with Gasteiger partial charge in [-0.05, 0) is 38.1 Å². The maximum absolute atomic E-state index is 12.7. The lowest BCUT2D eigenvalue weighted by Gasteiger charge is -2.36. The van der Waals surface area contributed by atoms with E-state index in [9.17, 15) is 15.0 Å². The Morgan fingerprint density at radius 1 is 0.783 bits per heavy atom. The Balaban J connectivity index is 2.02. The molecular weight excluding hydrogens is 290 g/mol. The number of para-hydroxylation sites is 2. The molecule has 23 heavy (non-hydrogen) atoms. The molecule has 0 aliphatic carbocycles. The fourth-order valence-electron chi connectivity index (χ4n) is 3.61. The van der Waals surface area contributed by atoms with Crippen LogP contribution < -0.4 is 5.32 Å². The molecule has 1 fully saturated rings. The smallest absolute Gasteiger partial charge is 0.151 e. The highest BCUT2D eigenvalue weighted by Gasteiger charge is 2.45. The van der Waals surface area contributed by atoms with Crippen molar-refractivity contribution in [2.24, 2.45) is 11.8 Å². The van der Waals surface area contributed by atoms with E-state index in [2.05, 4.69) is 5.32 Å². The quantitative estimate of drug-likeness (QED) is 0.796. The van der Waals surface area contributed by atoms with Crippen LogP contribution in [0.15, 0.2) is 48.5 Å². The molecule has 2 aromatic carbocycles. The summed E-state index contributed by atoms with van der Waals surface area (Å²) in [5.74, 6) is 0.188. The summed E-state index contributed by atoms with van der Waals surface area (Å²) in [6, 6.07) is 14.0. The number of phenolic OH excluding ortho intramolecular Hbond substituents is 2. The second-order valence-corrected chi connectivity index (χ2v) is 6.34. The summed E-state index contributed by atoms with van der Waals surface area (Å²) in [5.41, 5.74) is 1.53. The average Bonchev–Trinajstić information content (AvgIpc) is 2.55. The molecule has 1 aliphatic heterocycles. The molecule has 120 valence electrons. The van der Waals surface area contributed by atoms with Gasteiger partial charge in [0, 0.05) is 0 Å². The predicted octanol–water partition coefficient (Wildman–Crippen LogP) is 2.30. The number of carbonyl (C=O) groups is 1. The van der Waals surface area contributed by atoms with Gasteiger partial charge < -0.3 is 15.5 Å². The van der Waals surface area contributed by atoms with Gasteiger partial charge in [0.15, 0.2) is 5.78 Å². The van der Waals surface area contributed by atoms with Crippen LogP contribution >= 0.6 is 0 Å². The van der Waals surface area contributed by atoms with Crippen molar-refractivity contribution in [3.63, 3.8) is 0 Å². The van der Waals surface area contributed by atoms with Crippen molar-refractivity contribution >= 4 is 5.78 Å². The molecule has 0 spiro atoms. The van der Waals surface area contributed by atoms with E-state index in [0.29, 0.717) is 0 Å². The Bertz CT molecular complexity index is 669. The van der Waals surface area contributed by atoms with Crippen LogP contribution in [0.5, 0.6) is 11.5 Å². The minimum Gasteiger partial charge on any atom is -0.507 e. The largest absolute Gasteiger partial charge is 0.507 e. The lowest BCUT2D eigenvalue weighted by Crippen LogP contribution is -2.91. The molecular formula is C19H22NO3+. The van der Waals surface area contributed by atoms with Crippen molar-refractivity contribution in [3.05, 3.63) is 59.7 Å². The minimum absolute atomic E-state index is 0.161. The molecule has 4 atom stereocenters. The second kappa shape index (κ2) is 6.05. The molecule has 1 saturated heterocycles. The van der Waals surface area contributed by atoms with E-state index in [4.69, 9.17) is 0 Å². The normalized spacial score (nSPS) is 27.8. The van der Waals surface area contributed by atoms with Gasteiger partial charge in [0.05, 0.1) is 23.0 Å². The van der Waals surface area contributed by atoms with Crippen molar-refractivity contribution in [1.82, 2.24) is 0 Å². The van der Waals surface area contributed by atoms with E-state index in [0.717, 1.165) is 11.1 Å². The summed E-state index contributed by atoms with van der Waals surface area (Å²) in [6.45, 7) is 3.82. The Hall–Kier alpha value is -2.33. The third-order valence-corrected chi connectivity index (χ3v) is 4.98. The predicted molar refractivity (Wildman–Crippen MR) is 87.0 cm³/mol. The van der Waals surface area contributed by atoms with Crippen molar-refractivity contribution < 1.29 is 20.3 Å². The molecule has 3 rings (SSSR count). The number of quaternary nitrogens is 1. The molecule has 0 radical (unpaired) electrons. The standard InChI is InChI=1S/C19H21NO3/c1-11-17(13-7-3-5-9-15(13)21)20-18(12(2)19(11)23)14-8-4-6-10-16(14)22/h3-12,17-18,20-22H,1-2H3/p+1/t11-,12-,17-,18-/m0/s1. The van der Waals surface area contributed by atoms with Crippen LogP contribution in [-0.2, 0) is 4.79 Å². The maximum Gasteiger partial charge on any atom is 0.151 e. The van der Waals surface area contributed by atoms with Gasteiger partial charge in [0.1, 0.15) is 23.6 Å². The number of benzene rings is 2. The number of Topliss-reactive ketones (excluding diaryl/α,β-unsaturated/α-hetero) is 1. The van der Waals surface area contributed by atoms with Gasteiger partial charge >= 0.3 is 0 Å². The Kier molecular flexibility index (Phi) is 4.09. The lowest BCUT2D eigenvalue weighted by molar-refractivity contribution is -0.748. The topological polar surface area (TPSA) is 74.1 Å². The van der Waals surface area contributed by atoms with Gasteiger partial charge in [-0.15, -0.1) is 0 Å². The average molecular weight is 312 g/mol. The maximum atomic E-state index is 12.7. The van der Waals surface area contributed by atoms with E-state index in [1.807, 2.05) is 38.1 Å². The second-order valence-electron chi connectivity index (χ2n) is 6.34. The number of piperidine rings is 1. The highest BCUT2D eigenvalue weighted by molar-refractivity contribution is 5.85. The van der Waals surface area contributed by atoms with Gasteiger partial charge in [0.2, 0.25) is 0 Å². The first-order valence-electron chi connectivity index (χ1n) is 7.95. The van der Waals surface area contributed by atoms with Gasteiger partial charge in [-0.3, -0.25) is 4.79 Å². The SMILES string of the molecule is C[C@@H]1C(=O)[C@@H](C)[C@@H](c2ccccc2O)[NH2+][C@@H]1c1ccccc1O. The summed E-state index contributed by atoms with van der Waals surface area (Å²) < 4.78 is 0. The zero-order valence-electron chi connectivity index (χ0n) is 13.3. The van der Waals surface area contributed by atoms with Crippen molar-refractivity contribution in [1.29, 1.82) is 0 Å².